The number of hydrogen-bond donors (Lipinski definition) is 1. The molecule has 36 heavy (non-hydrogen) atoms. The molecule has 7 nitrogen and oxygen atoms in total. The van der Waals surface area contributed by atoms with Crippen LogP contribution in [0.3, 0.4) is 0 Å². The lowest BCUT2D eigenvalue weighted by atomic mass is 9.75. The summed E-state index contributed by atoms with van der Waals surface area (Å²) in [7, 11) is 1.70. The first kappa shape index (κ1) is 26.3. The van der Waals surface area contributed by atoms with Crippen LogP contribution in [0.4, 0.5) is 8.78 Å². The summed E-state index contributed by atoms with van der Waals surface area (Å²) in [6.45, 7) is 2.04. The Labute approximate surface area is 216 Å². The number of nitrogens with one attached hydrogen (secondary N) is 1. The number of aryl methyl sites for hydroxylation is 1. The fraction of sp³-hybridized carbons (Fsp3) is 0.400. The lowest BCUT2D eigenvalue weighted by molar-refractivity contribution is -0.141. The van der Waals surface area contributed by atoms with Crippen molar-refractivity contribution in [2.24, 2.45) is 13.0 Å². The first-order chi connectivity index (χ1) is 17.1. The van der Waals surface area contributed by atoms with E-state index in [1.165, 1.54) is 29.9 Å². The minimum atomic E-state index is -0.942. The summed E-state index contributed by atoms with van der Waals surface area (Å²) >= 11 is 12.5. The summed E-state index contributed by atoms with van der Waals surface area (Å²) in [5.41, 5.74) is 1.58. The maximum absolute atomic E-state index is 14.1. The number of esters is 1. The van der Waals surface area contributed by atoms with Gasteiger partial charge in [-0.1, -0.05) is 17.7 Å². The van der Waals surface area contributed by atoms with Gasteiger partial charge in [-0.25, -0.2) is 8.78 Å². The van der Waals surface area contributed by atoms with E-state index < -0.39 is 11.6 Å². The van der Waals surface area contributed by atoms with E-state index in [-0.39, 0.29) is 53.6 Å². The zero-order chi connectivity index (χ0) is 26.0. The smallest absolute Gasteiger partial charge is 0.302 e. The summed E-state index contributed by atoms with van der Waals surface area (Å²) in [4.78, 5) is 24.3. The predicted octanol–water partition coefficient (Wildman–Crippen LogP) is 5.55. The molecule has 1 aliphatic rings. The third-order valence-electron chi connectivity index (χ3n) is 6.48. The second kappa shape index (κ2) is 11.1. The number of carbonyl (C=O) groups excluding carboxylic acids is 2. The summed E-state index contributed by atoms with van der Waals surface area (Å²) in [6, 6.07) is 5.33. The quantitative estimate of drug-likeness (QED) is 0.298. The number of hydrogen-bond acceptors (Lipinski definition) is 6. The highest BCUT2D eigenvalue weighted by molar-refractivity contribution is 6.35. The minimum absolute atomic E-state index is 0.0216. The Kier molecular flexibility index (Phi) is 8.12. The predicted molar refractivity (Wildman–Crippen MR) is 130 cm³/mol. The number of piperidine rings is 1. The summed E-state index contributed by atoms with van der Waals surface area (Å²) < 4.78 is 39.8. The number of benzene rings is 1. The largest absolute Gasteiger partial charge is 0.466 e. The van der Waals surface area contributed by atoms with Crippen LogP contribution in [0.15, 0.2) is 34.9 Å². The van der Waals surface area contributed by atoms with Gasteiger partial charge >= 0.3 is 5.97 Å². The second-order valence-electron chi connectivity index (χ2n) is 8.90. The third-order valence-corrected chi connectivity index (χ3v) is 7.04. The number of ether oxygens (including phenoxy) is 1. The molecule has 2 aromatic heterocycles. The van der Waals surface area contributed by atoms with E-state index in [9.17, 15) is 18.4 Å². The van der Waals surface area contributed by atoms with Crippen LogP contribution >= 0.6 is 23.2 Å². The molecule has 4 rings (SSSR count). The molecule has 0 saturated carbocycles. The van der Waals surface area contributed by atoms with Gasteiger partial charge in [-0.15, -0.1) is 0 Å². The zero-order valence-corrected chi connectivity index (χ0v) is 21.2. The van der Waals surface area contributed by atoms with Crippen LogP contribution in [0.5, 0.6) is 0 Å². The molecule has 0 amide bonds. The Morgan fingerprint density at radius 1 is 1.25 bits per heavy atom. The first-order valence-electron chi connectivity index (χ1n) is 11.5. The van der Waals surface area contributed by atoms with Gasteiger partial charge < -0.3 is 14.5 Å². The monoisotopic (exact) mass is 539 g/mol. The average Bonchev–Trinajstić information content (AvgIpc) is 3.37. The molecule has 0 radical (unpaired) electrons. The molecular formula is C25H25Cl2F2N3O4. The van der Waals surface area contributed by atoms with E-state index in [0.717, 1.165) is 6.07 Å². The number of aromatic nitrogens is 2. The third kappa shape index (κ3) is 5.79. The molecule has 1 saturated heterocycles. The van der Waals surface area contributed by atoms with E-state index in [1.807, 2.05) is 0 Å². The van der Waals surface area contributed by atoms with Crippen molar-refractivity contribution in [3.8, 4) is 11.3 Å². The standard InChI is InChI=1S/C25H25Cl2F2N3O4/c1-13(33)35-6-5-16-9-17(14-3-4-20(28)21(29)7-14)15(11-30-16)8-22(34)23-10-18(25(27)36-23)24-19(26)12-31-32(24)2/h3-4,7,10,12,15-17,30H,5-6,8-9,11H2,1-2H3/t15-,16?,17+/m1/s1. The van der Waals surface area contributed by atoms with Gasteiger partial charge in [-0.2, -0.15) is 5.10 Å². The highest BCUT2D eigenvalue weighted by Gasteiger charge is 2.34. The number of halogens is 4. The molecule has 11 heteroatoms. The van der Waals surface area contributed by atoms with Crippen LogP contribution in [0.2, 0.25) is 10.2 Å². The van der Waals surface area contributed by atoms with Crippen LogP contribution in [-0.2, 0) is 16.6 Å². The minimum Gasteiger partial charge on any atom is -0.466 e. The van der Waals surface area contributed by atoms with Gasteiger partial charge in [0.25, 0.3) is 0 Å². The topological polar surface area (TPSA) is 86.4 Å². The second-order valence-corrected chi connectivity index (χ2v) is 9.65. The number of rotatable bonds is 8. The number of carbonyl (C=O) groups is 2. The van der Waals surface area contributed by atoms with E-state index in [2.05, 4.69) is 10.4 Å². The molecule has 1 aliphatic heterocycles. The Hall–Kier alpha value is -2.75. The van der Waals surface area contributed by atoms with Gasteiger partial charge in [0.15, 0.2) is 23.2 Å². The molecule has 1 fully saturated rings. The zero-order valence-electron chi connectivity index (χ0n) is 19.7. The Morgan fingerprint density at radius 2 is 2.03 bits per heavy atom. The Bertz CT molecular complexity index is 1260. The van der Waals surface area contributed by atoms with Crippen LogP contribution in [0.25, 0.3) is 11.3 Å². The first-order valence-corrected chi connectivity index (χ1v) is 12.2. The molecule has 3 atom stereocenters. The van der Waals surface area contributed by atoms with Crippen molar-refractivity contribution < 1.29 is 27.5 Å². The van der Waals surface area contributed by atoms with Crippen LogP contribution in [0, 0.1) is 17.6 Å². The molecule has 1 aromatic carbocycles. The molecule has 1 unspecified atom stereocenters. The number of ketones is 1. The van der Waals surface area contributed by atoms with E-state index in [4.69, 9.17) is 32.4 Å². The van der Waals surface area contributed by atoms with Gasteiger partial charge in [-0.05, 0) is 66.6 Å². The highest BCUT2D eigenvalue weighted by Crippen LogP contribution is 2.39. The normalized spacial score (nSPS) is 19.9. The van der Waals surface area contributed by atoms with Crippen LogP contribution < -0.4 is 5.32 Å². The van der Waals surface area contributed by atoms with Crippen molar-refractivity contribution in [3.05, 3.63) is 63.7 Å². The van der Waals surface area contributed by atoms with Gasteiger partial charge in [0.05, 0.1) is 29.1 Å². The summed E-state index contributed by atoms with van der Waals surface area (Å²) in [5.74, 6) is -2.90. The van der Waals surface area contributed by atoms with Crippen molar-refractivity contribution in [2.75, 3.05) is 13.2 Å². The molecule has 192 valence electrons. The number of furan rings is 1. The molecular weight excluding hydrogens is 515 g/mol. The van der Waals surface area contributed by atoms with Gasteiger partial charge in [0.2, 0.25) is 5.22 Å². The fourth-order valence-corrected chi connectivity index (χ4v) is 5.19. The van der Waals surface area contributed by atoms with E-state index in [0.29, 0.717) is 41.2 Å². The van der Waals surface area contributed by atoms with Crippen molar-refractivity contribution in [2.45, 2.75) is 38.1 Å². The van der Waals surface area contributed by atoms with Crippen LogP contribution in [-0.4, -0.2) is 40.7 Å². The number of nitrogens with zero attached hydrogens (tertiary/aromatic N) is 2. The van der Waals surface area contributed by atoms with Gasteiger partial charge in [0.1, 0.15) is 0 Å². The summed E-state index contributed by atoms with van der Waals surface area (Å²) in [6.07, 6.45) is 2.68. The Morgan fingerprint density at radius 3 is 2.69 bits per heavy atom. The van der Waals surface area contributed by atoms with Crippen LogP contribution in [0.1, 0.15) is 48.2 Å². The van der Waals surface area contributed by atoms with Gasteiger partial charge in [0, 0.05) is 26.4 Å². The lowest BCUT2D eigenvalue weighted by Gasteiger charge is -2.37. The molecule has 3 aromatic rings. The molecule has 0 spiro atoms. The average molecular weight is 540 g/mol. The Balaban J connectivity index is 1.54. The maximum Gasteiger partial charge on any atom is 0.302 e. The molecule has 0 bridgehead atoms. The van der Waals surface area contributed by atoms with Crippen molar-refractivity contribution in [1.29, 1.82) is 0 Å². The van der Waals surface area contributed by atoms with Crippen molar-refractivity contribution in [3.63, 3.8) is 0 Å². The van der Waals surface area contributed by atoms with Gasteiger partial charge in [-0.3, -0.25) is 14.3 Å². The van der Waals surface area contributed by atoms with E-state index in [1.54, 1.807) is 13.1 Å². The van der Waals surface area contributed by atoms with Crippen molar-refractivity contribution in [1.82, 2.24) is 15.1 Å². The van der Waals surface area contributed by atoms with E-state index >= 15 is 0 Å². The van der Waals surface area contributed by atoms with Crippen molar-refractivity contribution >= 4 is 35.0 Å². The number of Topliss-reactive ketones (excluding diaryl/α,β-unsaturated/α-hetero) is 1. The highest BCUT2D eigenvalue weighted by atomic mass is 35.5. The molecule has 1 N–H and O–H groups in total. The fourth-order valence-electron chi connectivity index (χ4n) is 4.69. The maximum atomic E-state index is 14.1. The lowest BCUT2D eigenvalue weighted by Crippen LogP contribution is -2.44. The molecule has 0 aliphatic carbocycles. The summed E-state index contributed by atoms with van der Waals surface area (Å²) in [5, 5.41) is 7.86. The SMILES string of the molecule is CC(=O)OCCC1C[C@@H](c2ccc(F)c(F)c2)[C@H](CC(=O)c2cc(-c3c(Cl)cnn3C)c(Cl)o2)CN1. The molecule has 3 heterocycles.